The van der Waals surface area contributed by atoms with E-state index in [1.54, 1.807) is 12.1 Å². The van der Waals surface area contributed by atoms with Gasteiger partial charge in [-0.15, -0.1) is 0 Å². The lowest BCUT2D eigenvalue weighted by Gasteiger charge is -2.07. The highest BCUT2D eigenvalue weighted by Gasteiger charge is 2.16. The van der Waals surface area contributed by atoms with E-state index in [4.69, 9.17) is 10.5 Å². The number of hydrogen-bond acceptors (Lipinski definition) is 4. The minimum absolute atomic E-state index is 0.0169. The zero-order valence-corrected chi connectivity index (χ0v) is 10.3. The van der Waals surface area contributed by atoms with Crippen molar-refractivity contribution in [1.82, 2.24) is 0 Å². The van der Waals surface area contributed by atoms with Crippen LogP contribution in [0.1, 0.15) is 15.9 Å². The van der Waals surface area contributed by atoms with E-state index in [9.17, 15) is 18.7 Å². The van der Waals surface area contributed by atoms with E-state index < -0.39 is 23.2 Å². The highest BCUT2D eigenvalue weighted by atomic mass is 19.1. The summed E-state index contributed by atoms with van der Waals surface area (Å²) in [5.41, 5.74) is 4.79. The summed E-state index contributed by atoms with van der Waals surface area (Å²) >= 11 is 0. The van der Waals surface area contributed by atoms with Crippen molar-refractivity contribution in [3.8, 4) is 5.75 Å². The van der Waals surface area contributed by atoms with Gasteiger partial charge in [0.05, 0.1) is 11.3 Å². The zero-order chi connectivity index (χ0) is 14.7. The van der Waals surface area contributed by atoms with Crippen LogP contribution in [0.15, 0.2) is 36.4 Å². The SMILES string of the molecule is Nc1cc(F)c(C(=O)OCc2cccc(O)c2)cc1F. The normalized spacial score (nSPS) is 10.3. The molecule has 2 rings (SSSR count). The summed E-state index contributed by atoms with van der Waals surface area (Å²) < 4.78 is 31.5. The van der Waals surface area contributed by atoms with Crippen LogP contribution in [0.25, 0.3) is 0 Å². The van der Waals surface area contributed by atoms with E-state index in [0.717, 1.165) is 6.07 Å². The number of ether oxygens (including phenoxy) is 1. The molecule has 0 aliphatic heterocycles. The van der Waals surface area contributed by atoms with E-state index in [1.165, 1.54) is 12.1 Å². The first-order valence-corrected chi connectivity index (χ1v) is 5.67. The lowest BCUT2D eigenvalue weighted by atomic mass is 10.2. The Bertz CT molecular complexity index is 659. The molecule has 3 N–H and O–H groups in total. The van der Waals surface area contributed by atoms with Crippen LogP contribution in [0, 0.1) is 11.6 Å². The van der Waals surface area contributed by atoms with E-state index >= 15 is 0 Å². The van der Waals surface area contributed by atoms with Crippen molar-refractivity contribution in [3.05, 3.63) is 59.2 Å². The molecule has 20 heavy (non-hydrogen) atoms. The van der Waals surface area contributed by atoms with Crippen LogP contribution in [0.2, 0.25) is 0 Å². The van der Waals surface area contributed by atoms with Crippen LogP contribution in [0.3, 0.4) is 0 Å². The highest BCUT2D eigenvalue weighted by molar-refractivity contribution is 5.90. The summed E-state index contributed by atoms with van der Waals surface area (Å²) in [7, 11) is 0. The molecule has 0 saturated heterocycles. The van der Waals surface area contributed by atoms with Gasteiger partial charge in [-0.3, -0.25) is 0 Å². The molecule has 0 spiro atoms. The number of nitrogens with two attached hydrogens (primary N) is 1. The van der Waals surface area contributed by atoms with Crippen LogP contribution >= 0.6 is 0 Å². The lowest BCUT2D eigenvalue weighted by Crippen LogP contribution is -2.09. The monoisotopic (exact) mass is 279 g/mol. The summed E-state index contributed by atoms with van der Waals surface area (Å²) in [5.74, 6) is -2.84. The van der Waals surface area contributed by atoms with Crippen molar-refractivity contribution >= 4 is 11.7 Å². The second kappa shape index (κ2) is 5.56. The van der Waals surface area contributed by atoms with Gasteiger partial charge in [-0.05, 0) is 23.8 Å². The van der Waals surface area contributed by atoms with Gasteiger partial charge in [0, 0.05) is 6.07 Å². The van der Waals surface area contributed by atoms with E-state index in [-0.39, 0.29) is 18.0 Å². The zero-order valence-electron chi connectivity index (χ0n) is 10.3. The van der Waals surface area contributed by atoms with Crippen molar-refractivity contribution in [2.45, 2.75) is 6.61 Å². The summed E-state index contributed by atoms with van der Waals surface area (Å²) in [6.07, 6.45) is 0. The van der Waals surface area contributed by atoms with Crippen LogP contribution in [-0.2, 0) is 11.3 Å². The minimum atomic E-state index is -1.01. The van der Waals surface area contributed by atoms with Gasteiger partial charge >= 0.3 is 5.97 Å². The summed E-state index contributed by atoms with van der Waals surface area (Å²) in [5, 5.41) is 9.24. The number of aromatic hydroxyl groups is 1. The quantitative estimate of drug-likeness (QED) is 0.669. The Morgan fingerprint density at radius 3 is 2.65 bits per heavy atom. The third kappa shape index (κ3) is 3.03. The number of nitrogen functional groups attached to an aromatic ring is 1. The molecule has 104 valence electrons. The first kappa shape index (κ1) is 13.8. The summed E-state index contributed by atoms with van der Waals surface area (Å²) in [6, 6.07) is 7.46. The van der Waals surface area contributed by atoms with Crippen LogP contribution < -0.4 is 5.73 Å². The van der Waals surface area contributed by atoms with Gasteiger partial charge in [0.15, 0.2) is 0 Å². The smallest absolute Gasteiger partial charge is 0.341 e. The fraction of sp³-hybridized carbons (Fsp3) is 0.0714. The lowest BCUT2D eigenvalue weighted by molar-refractivity contribution is 0.0466. The summed E-state index contributed by atoms with van der Waals surface area (Å²) in [4.78, 5) is 11.7. The van der Waals surface area contributed by atoms with E-state index in [2.05, 4.69) is 0 Å². The minimum Gasteiger partial charge on any atom is -0.508 e. The Labute approximate surface area is 113 Å². The number of carbonyl (C=O) groups is 1. The largest absolute Gasteiger partial charge is 0.508 e. The molecular formula is C14H11F2NO3. The van der Waals surface area contributed by atoms with Gasteiger partial charge < -0.3 is 15.6 Å². The number of hydrogen-bond donors (Lipinski definition) is 2. The fourth-order valence-corrected chi connectivity index (χ4v) is 1.59. The molecule has 0 fully saturated rings. The van der Waals surface area contributed by atoms with Gasteiger partial charge in [0.1, 0.15) is 24.0 Å². The average Bonchev–Trinajstić information content (AvgIpc) is 2.40. The molecule has 0 amide bonds. The van der Waals surface area contributed by atoms with Gasteiger partial charge in [0.2, 0.25) is 0 Å². The number of anilines is 1. The van der Waals surface area contributed by atoms with E-state index in [1.807, 2.05) is 0 Å². The van der Waals surface area contributed by atoms with Gasteiger partial charge in [-0.1, -0.05) is 12.1 Å². The molecule has 0 bridgehead atoms. The Morgan fingerprint density at radius 2 is 1.95 bits per heavy atom. The second-order valence-electron chi connectivity index (χ2n) is 4.10. The third-order valence-corrected chi connectivity index (χ3v) is 2.59. The van der Waals surface area contributed by atoms with Crippen molar-refractivity contribution in [2.24, 2.45) is 0 Å². The molecule has 4 nitrogen and oxygen atoms in total. The van der Waals surface area contributed by atoms with Crippen LogP contribution in [-0.4, -0.2) is 11.1 Å². The standard InChI is InChI=1S/C14H11F2NO3/c15-11-6-13(17)12(16)5-10(11)14(19)20-7-8-2-1-3-9(18)4-8/h1-6,18H,7,17H2. The maximum Gasteiger partial charge on any atom is 0.341 e. The number of phenolic OH excluding ortho intramolecular Hbond substituents is 1. The number of benzene rings is 2. The van der Waals surface area contributed by atoms with Crippen molar-refractivity contribution in [3.63, 3.8) is 0 Å². The van der Waals surface area contributed by atoms with Crippen LogP contribution in [0.5, 0.6) is 5.75 Å². The Kier molecular flexibility index (Phi) is 3.84. The van der Waals surface area contributed by atoms with Crippen LogP contribution in [0.4, 0.5) is 14.5 Å². The van der Waals surface area contributed by atoms with E-state index in [0.29, 0.717) is 11.6 Å². The molecule has 0 unspecified atom stereocenters. The highest BCUT2D eigenvalue weighted by Crippen LogP contribution is 2.18. The van der Waals surface area contributed by atoms with Gasteiger partial charge in [0.25, 0.3) is 0 Å². The molecule has 0 aliphatic carbocycles. The fourth-order valence-electron chi connectivity index (χ4n) is 1.59. The molecule has 2 aromatic carbocycles. The first-order valence-electron chi connectivity index (χ1n) is 5.67. The number of phenols is 1. The molecular weight excluding hydrogens is 268 g/mol. The number of esters is 1. The molecule has 0 aliphatic rings. The Balaban J connectivity index is 2.11. The number of halogens is 2. The van der Waals surface area contributed by atoms with Gasteiger partial charge in [-0.25, -0.2) is 13.6 Å². The molecule has 2 aromatic rings. The van der Waals surface area contributed by atoms with Crippen molar-refractivity contribution in [1.29, 1.82) is 0 Å². The molecule has 0 saturated carbocycles. The maximum absolute atomic E-state index is 13.5. The van der Waals surface area contributed by atoms with Crippen molar-refractivity contribution < 1.29 is 23.4 Å². The Hall–Kier alpha value is -2.63. The molecule has 0 atom stereocenters. The first-order chi connectivity index (χ1) is 9.47. The maximum atomic E-state index is 13.5. The molecule has 0 radical (unpaired) electrons. The second-order valence-corrected chi connectivity index (χ2v) is 4.10. The van der Waals surface area contributed by atoms with Gasteiger partial charge in [-0.2, -0.15) is 0 Å². The topological polar surface area (TPSA) is 72.6 Å². The molecule has 0 aromatic heterocycles. The molecule has 6 heteroatoms. The Morgan fingerprint density at radius 1 is 1.20 bits per heavy atom. The molecule has 0 heterocycles. The van der Waals surface area contributed by atoms with Crippen molar-refractivity contribution in [2.75, 3.05) is 5.73 Å². The average molecular weight is 279 g/mol. The number of carbonyl (C=O) groups excluding carboxylic acids is 1. The predicted molar refractivity (Wildman–Crippen MR) is 68.0 cm³/mol. The third-order valence-electron chi connectivity index (χ3n) is 2.59. The predicted octanol–water partition coefficient (Wildman–Crippen LogP) is 2.61. The number of rotatable bonds is 3. The summed E-state index contributed by atoms with van der Waals surface area (Å²) in [6.45, 7) is -0.168.